The number of halogens is 2. The third-order valence-electron chi connectivity index (χ3n) is 5.12. The summed E-state index contributed by atoms with van der Waals surface area (Å²) >= 11 is 0. The molecule has 0 radical (unpaired) electrons. The summed E-state index contributed by atoms with van der Waals surface area (Å²) in [5.74, 6) is -0.773. The molecular weight excluding hydrogens is 394 g/mol. The summed E-state index contributed by atoms with van der Waals surface area (Å²) in [6, 6.07) is 16.4. The van der Waals surface area contributed by atoms with Crippen molar-refractivity contribution in [3.63, 3.8) is 0 Å². The lowest BCUT2D eigenvalue weighted by molar-refractivity contribution is 0.390. The monoisotopic (exact) mass is 414 g/mol. The molecule has 0 saturated carbocycles. The van der Waals surface area contributed by atoms with Gasteiger partial charge in [-0.1, -0.05) is 24.3 Å². The fourth-order valence-electron chi connectivity index (χ4n) is 3.68. The highest BCUT2D eigenvalue weighted by molar-refractivity contribution is 7.89. The van der Waals surface area contributed by atoms with E-state index in [-0.39, 0.29) is 10.7 Å². The van der Waals surface area contributed by atoms with Crippen molar-refractivity contribution in [1.82, 2.24) is 9.29 Å². The Kier molecular flexibility index (Phi) is 5.43. The minimum absolute atomic E-state index is 0.0633. The van der Waals surface area contributed by atoms with Crippen molar-refractivity contribution in [2.75, 3.05) is 6.54 Å². The van der Waals surface area contributed by atoms with Gasteiger partial charge in [0.15, 0.2) is 0 Å². The Morgan fingerprint density at radius 2 is 1.72 bits per heavy atom. The first-order valence-electron chi connectivity index (χ1n) is 9.42. The average molecular weight is 414 g/mol. The Morgan fingerprint density at radius 1 is 0.966 bits per heavy atom. The standard InChI is InChI=1S/C22H20F2N2O2S/c23-17-10-12-19(13-11-17)29(27,28)26-14-4-9-22(26)21-8-3-6-18(25-21)15-16-5-1-2-7-20(16)24/h1-3,5-8,10-13,22H,4,9,14-15H2. The second-order valence-corrected chi connectivity index (χ2v) is 8.94. The minimum Gasteiger partial charge on any atom is -0.256 e. The molecule has 0 spiro atoms. The summed E-state index contributed by atoms with van der Waals surface area (Å²) in [7, 11) is -3.76. The first-order chi connectivity index (χ1) is 13.9. The molecule has 4 nitrogen and oxygen atoms in total. The van der Waals surface area contributed by atoms with Crippen LogP contribution in [0.2, 0.25) is 0 Å². The van der Waals surface area contributed by atoms with Crippen LogP contribution in [0.15, 0.2) is 71.6 Å². The van der Waals surface area contributed by atoms with Crippen molar-refractivity contribution in [1.29, 1.82) is 0 Å². The highest BCUT2D eigenvalue weighted by Crippen LogP contribution is 2.36. The van der Waals surface area contributed by atoms with Gasteiger partial charge in [0.2, 0.25) is 10.0 Å². The lowest BCUT2D eigenvalue weighted by Crippen LogP contribution is -2.31. The maximum Gasteiger partial charge on any atom is 0.243 e. The van der Waals surface area contributed by atoms with Crippen molar-refractivity contribution >= 4 is 10.0 Å². The molecule has 1 saturated heterocycles. The molecule has 2 heterocycles. The number of sulfonamides is 1. The molecule has 1 aliphatic rings. The van der Waals surface area contributed by atoms with E-state index in [1.165, 1.54) is 22.5 Å². The van der Waals surface area contributed by atoms with Crippen molar-refractivity contribution in [3.8, 4) is 0 Å². The van der Waals surface area contributed by atoms with Crippen molar-refractivity contribution in [3.05, 3.63) is 95.3 Å². The molecule has 7 heteroatoms. The van der Waals surface area contributed by atoms with Crippen LogP contribution in [-0.2, 0) is 16.4 Å². The van der Waals surface area contributed by atoms with E-state index >= 15 is 0 Å². The zero-order chi connectivity index (χ0) is 20.4. The van der Waals surface area contributed by atoms with Gasteiger partial charge in [0.25, 0.3) is 0 Å². The number of hydrogen-bond acceptors (Lipinski definition) is 3. The van der Waals surface area contributed by atoms with Gasteiger partial charge in [0.05, 0.1) is 16.6 Å². The Balaban J connectivity index is 1.62. The van der Waals surface area contributed by atoms with Gasteiger partial charge in [0, 0.05) is 18.7 Å². The first kappa shape index (κ1) is 19.7. The van der Waals surface area contributed by atoms with Crippen LogP contribution in [0.5, 0.6) is 0 Å². The summed E-state index contributed by atoms with van der Waals surface area (Å²) in [5, 5.41) is 0. The third-order valence-corrected chi connectivity index (χ3v) is 7.05. The summed E-state index contributed by atoms with van der Waals surface area (Å²) < 4.78 is 54.7. The molecule has 1 unspecified atom stereocenters. The molecule has 0 N–H and O–H groups in total. The van der Waals surface area contributed by atoms with Crippen molar-refractivity contribution < 1.29 is 17.2 Å². The molecule has 4 rings (SSSR count). The Bertz CT molecular complexity index is 1120. The normalized spacial score (nSPS) is 17.5. The first-order valence-corrected chi connectivity index (χ1v) is 10.9. The lowest BCUT2D eigenvalue weighted by atomic mass is 10.1. The second kappa shape index (κ2) is 8.00. The van der Waals surface area contributed by atoms with Crippen LogP contribution in [-0.4, -0.2) is 24.3 Å². The van der Waals surface area contributed by atoms with Crippen LogP contribution >= 0.6 is 0 Å². The van der Waals surface area contributed by atoms with Gasteiger partial charge in [-0.25, -0.2) is 17.2 Å². The molecule has 29 heavy (non-hydrogen) atoms. The van der Waals surface area contributed by atoms with Gasteiger partial charge in [-0.3, -0.25) is 4.98 Å². The number of aromatic nitrogens is 1. The van der Waals surface area contributed by atoms with E-state index in [2.05, 4.69) is 4.98 Å². The predicted octanol–water partition coefficient (Wildman–Crippen LogP) is 4.48. The molecule has 0 aliphatic carbocycles. The van der Waals surface area contributed by atoms with Gasteiger partial charge < -0.3 is 0 Å². The quantitative estimate of drug-likeness (QED) is 0.619. The molecule has 1 fully saturated rings. The maximum atomic E-state index is 14.0. The Labute approximate surface area is 168 Å². The summed E-state index contributed by atoms with van der Waals surface area (Å²) in [6.07, 6.45) is 1.69. The summed E-state index contributed by atoms with van der Waals surface area (Å²) in [6.45, 7) is 0.379. The van der Waals surface area contributed by atoms with E-state index in [0.29, 0.717) is 42.8 Å². The van der Waals surface area contributed by atoms with Crippen LogP contribution < -0.4 is 0 Å². The van der Waals surface area contributed by atoms with Gasteiger partial charge in [-0.05, 0) is 60.9 Å². The van der Waals surface area contributed by atoms with E-state index in [9.17, 15) is 17.2 Å². The number of pyridine rings is 1. The van der Waals surface area contributed by atoms with Gasteiger partial charge in [-0.15, -0.1) is 0 Å². The largest absolute Gasteiger partial charge is 0.256 e. The minimum atomic E-state index is -3.76. The molecule has 1 aliphatic heterocycles. The van der Waals surface area contributed by atoms with Crippen LogP contribution in [0.3, 0.4) is 0 Å². The van der Waals surface area contributed by atoms with Gasteiger partial charge in [-0.2, -0.15) is 4.31 Å². The fraction of sp³-hybridized carbons (Fsp3) is 0.227. The van der Waals surface area contributed by atoms with E-state index in [0.717, 1.165) is 12.1 Å². The van der Waals surface area contributed by atoms with E-state index < -0.39 is 21.9 Å². The molecule has 0 bridgehead atoms. The molecule has 1 aromatic heterocycles. The number of nitrogens with zero attached hydrogens (tertiary/aromatic N) is 2. The predicted molar refractivity (Wildman–Crippen MR) is 106 cm³/mol. The fourth-order valence-corrected chi connectivity index (χ4v) is 5.35. The maximum absolute atomic E-state index is 14.0. The van der Waals surface area contributed by atoms with Crippen LogP contribution in [0.4, 0.5) is 8.78 Å². The van der Waals surface area contributed by atoms with Crippen LogP contribution in [0.1, 0.15) is 35.8 Å². The molecule has 3 aromatic rings. The smallest absolute Gasteiger partial charge is 0.243 e. The number of benzene rings is 2. The molecule has 150 valence electrons. The molecule has 2 aromatic carbocycles. The average Bonchev–Trinajstić information content (AvgIpc) is 3.21. The van der Waals surface area contributed by atoms with Crippen LogP contribution in [0, 0.1) is 11.6 Å². The molecule has 1 atom stereocenters. The zero-order valence-electron chi connectivity index (χ0n) is 15.6. The van der Waals surface area contributed by atoms with Gasteiger partial charge >= 0.3 is 0 Å². The molecule has 0 amide bonds. The third kappa shape index (κ3) is 4.06. The van der Waals surface area contributed by atoms with Gasteiger partial charge in [0.1, 0.15) is 11.6 Å². The Hall–Kier alpha value is -2.64. The molecular formula is C22H20F2N2O2S. The Morgan fingerprint density at radius 3 is 2.48 bits per heavy atom. The van der Waals surface area contributed by atoms with E-state index in [1.807, 2.05) is 12.1 Å². The number of rotatable bonds is 5. The zero-order valence-corrected chi connectivity index (χ0v) is 16.4. The SMILES string of the molecule is O=S(=O)(c1ccc(F)cc1)N1CCCC1c1cccc(Cc2ccccc2F)n1. The second-order valence-electron chi connectivity index (χ2n) is 7.05. The van der Waals surface area contributed by atoms with Crippen LogP contribution in [0.25, 0.3) is 0 Å². The summed E-state index contributed by atoms with van der Waals surface area (Å²) in [5.41, 5.74) is 1.86. The lowest BCUT2D eigenvalue weighted by Gasteiger charge is -2.24. The highest BCUT2D eigenvalue weighted by atomic mass is 32.2. The summed E-state index contributed by atoms with van der Waals surface area (Å²) in [4.78, 5) is 4.69. The van der Waals surface area contributed by atoms with E-state index in [1.54, 1.807) is 24.3 Å². The topological polar surface area (TPSA) is 50.3 Å². The van der Waals surface area contributed by atoms with Crippen molar-refractivity contribution in [2.45, 2.75) is 30.2 Å². The van der Waals surface area contributed by atoms with E-state index in [4.69, 9.17) is 0 Å². The highest BCUT2D eigenvalue weighted by Gasteiger charge is 2.37. The van der Waals surface area contributed by atoms with Crippen molar-refractivity contribution in [2.24, 2.45) is 0 Å². The number of hydrogen-bond donors (Lipinski definition) is 0.